The van der Waals surface area contributed by atoms with Gasteiger partial charge in [-0.3, -0.25) is 9.36 Å². The molecule has 0 aliphatic rings. The van der Waals surface area contributed by atoms with Gasteiger partial charge in [-0.2, -0.15) is 0 Å². The highest BCUT2D eigenvalue weighted by Gasteiger charge is 2.15. The highest BCUT2D eigenvalue weighted by Crippen LogP contribution is 2.14. The third-order valence-electron chi connectivity index (χ3n) is 2.93. The van der Waals surface area contributed by atoms with Crippen molar-refractivity contribution in [3.8, 4) is 5.69 Å². The molecular weight excluding hydrogens is 249 g/mol. The SMILES string of the molecule is Cc1cc(F)ccc1-n1ccc(C)c(C(=O)O)c1=O. The predicted octanol–water partition coefficient (Wildman–Crippen LogP) is 2.29. The summed E-state index contributed by atoms with van der Waals surface area (Å²) in [6.07, 6.45) is 1.49. The van der Waals surface area contributed by atoms with Crippen LogP contribution in [0.5, 0.6) is 0 Å². The molecule has 98 valence electrons. The highest BCUT2D eigenvalue weighted by molar-refractivity contribution is 5.88. The van der Waals surface area contributed by atoms with Crippen LogP contribution in [-0.4, -0.2) is 15.6 Å². The maximum absolute atomic E-state index is 13.1. The average molecular weight is 261 g/mol. The molecule has 5 heteroatoms. The molecule has 1 aromatic heterocycles. The van der Waals surface area contributed by atoms with Gasteiger partial charge in [-0.25, -0.2) is 9.18 Å². The summed E-state index contributed by atoms with van der Waals surface area (Å²) in [4.78, 5) is 23.2. The molecule has 2 rings (SSSR count). The smallest absolute Gasteiger partial charge is 0.341 e. The lowest BCUT2D eigenvalue weighted by Crippen LogP contribution is -2.26. The zero-order valence-corrected chi connectivity index (χ0v) is 10.5. The number of benzene rings is 1. The minimum Gasteiger partial charge on any atom is -0.477 e. The molecule has 0 fully saturated rings. The van der Waals surface area contributed by atoms with Gasteiger partial charge in [-0.1, -0.05) is 0 Å². The summed E-state index contributed by atoms with van der Waals surface area (Å²) in [5.74, 6) is -1.67. The molecule has 1 heterocycles. The van der Waals surface area contributed by atoms with Crippen LogP contribution in [-0.2, 0) is 0 Å². The van der Waals surface area contributed by atoms with Gasteiger partial charge in [0.15, 0.2) is 0 Å². The number of hydrogen-bond donors (Lipinski definition) is 1. The first-order valence-electron chi connectivity index (χ1n) is 5.64. The van der Waals surface area contributed by atoms with Crippen molar-refractivity contribution >= 4 is 5.97 Å². The molecule has 2 aromatic rings. The Morgan fingerprint density at radius 2 is 1.89 bits per heavy atom. The van der Waals surface area contributed by atoms with E-state index >= 15 is 0 Å². The molecule has 0 radical (unpaired) electrons. The summed E-state index contributed by atoms with van der Waals surface area (Å²) in [7, 11) is 0. The number of carbonyl (C=O) groups is 1. The Morgan fingerprint density at radius 1 is 1.21 bits per heavy atom. The number of carboxylic acids is 1. The van der Waals surface area contributed by atoms with Crippen molar-refractivity contribution in [3.05, 3.63) is 63.3 Å². The third-order valence-corrected chi connectivity index (χ3v) is 2.93. The summed E-state index contributed by atoms with van der Waals surface area (Å²) in [6, 6.07) is 5.53. The first-order valence-corrected chi connectivity index (χ1v) is 5.64. The van der Waals surface area contributed by atoms with Crippen molar-refractivity contribution in [1.82, 2.24) is 4.57 Å². The first-order chi connectivity index (χ1) is 8.91. The quantitative estimate of drug-likeness (QED) is 0.902. The minimum atomic E-state index is -1.27. The van der Waals surface area contributed by atoms with E-state index in [2.05, 4.69) is 0 Å². The van der Waals surface area contributed by atoms with Crippen molar-refractivity contribution in [1.29, 1.82) is 0 Å². The Balaban J connectivity index is 2.74. The third kappa shape index (κ3) is 2.27. The number of aromatic carboxylic acids is 1. The van der Waals surface area contributed by atoms with Gasteiger partial charge in [0.1, 0.15) is 11.4 Å². The van der Waals surface area contributed by atoms with E-state index in [9.17, 15) is 14.0 Å². The van der Waals surface area contributed by atoms with Gasteiger partial charge in [-0.05, 0) is 49.2 Å². The maximum atomic E-state index is 13.1. The van der Waals surface area contributed by atoms with Crippen LogP contribution >= 0.6 is 0 Å². The molecule has 0 saturated heterocycles. The van der Waals surface area contributed by atoms with E-state index in [0.717, 1.165) is 0 Å². The summed E-state index contributed by atoms with van der Waals surface area (Å²) < 4.78 is 14.3. The van der Waals surface area contributed by atoms with Crippen molar-refractivity contribution in [2.75, 3.05) is 0 Å². The lowest BCUT2D eigenvalue weighted by molar-refractivity contribution is 0.0693. The van der Waals surface area contributed by atoms with E-state index in [1.54, 1.807) is 19.9 Å². The van der Waals surface area contributed by atoms with Crippen molar-refractivity contribution in [2.24, 2.45) is 0 Å². The molecule has 0 bridgehead atoms. The fraction of sp³-hybridized carbons (Fsp3) is 0.143. The number of pyridine rings is 1. The monoisotopic (exact) mass is 261 g/mol. The van der Waals surface area contributed by atoms with Crippen molar-refractivity contribution in [3.63, 3.8) is 0 Å². The van der Waals surface area contributed by atoms with Crippen LogP contribution in [0.1, 0.15) is 21.5 Å². The molecule has 0 aliphatic carbocycles. The second-order valence-corrected chi connectivity index (χ2v) is 4.28. The van der Waals surface area contributed by atoms with E-state index in [1.807, 2.05) is 0 Å². The van der Waals surface area contributed by atoms with E-state index < -0.39 is 17.3 Å². The van der Waals surface area contributed by atoms with Gasteiger partial charge in [-0.15, -0.1) is 0 Å². The number of carboxylic acid groups (broad SMARTS) is 1. The van der Waals surface area contributed by atoms with Crippen LogP contribution in [0.15, 0.2) is 35.3 Å². The molecule has 0 atom stereocenters. The van der Waals surface area contributed by atoms with E-state index in [-0.39, 0.29) is 5.56 Å². The van der Waals surface area contributed by atoms with E-state index in [4.69, 9.17) is 5.11 Å². The lowest BCUT2D eigenvalue weighted by atomic mass is 10.1. The van der Waals surface area contributed by atoms with Crippen LogP contribution in [0, 0.1) is 19.7 Å². The molecule has 0 aliphatic heterocycles. The number of nitrogens with zero attached hydrogens (tertiary/aromatic N) is 1. The molecule has 1 aromatic carbocycles. The van der Waals surface area contributed by atoms with E-state index in [0.29, 0.717) is 16.8 Å². The highest BCUT2D eigenvalue weighted by atomic mass is 19.1. The number of halogens is 1. The standard InChI is InChI=1S/C14H12FNO3/c1-8-5-6-16(13(17)12(8)14(18)19)11-4-3-10(15)7-9(11)2/h3-7H,1-2H3,(H,18,19). The Labute approximate surface area is 108 Å². The van der Waals surface area contributed by atoms with Crippen LogP contribution in [0.4, 0.5) is 4.39 Å². The van der Waals surface area contributed by atoms with Gasteiger partial charge >= 0.3 is 5.97 Å². The second kappa shape index (κ2) is 4.68. The number of aromatic nitrogens is 1. The Bertz CT molecular complexity index is 719. The normalized spacial score (nSPS) is 10.5. The topological polar surface area (TPSA) is 59.3 Å². The van der Waals surface area contributed by atoms with Gasteiger partial charge < -0.3 is 5.11 Å². The van der Waals surface area contributed by atoms with Gasteiger partial charge in [0.25, 0.3) is 5.56 Å². The molecule has 0 amide bonds. The maximum Gasteiger partial charge on any atom is 0.341 e. The molecular formula is C14H12FNO3. The largest absolute Gasteiger partial charge is 0.477 e. The van der Waals surface area contributed by atoms with Crippen LogP contribution in [0.3, 0.4) is 0 Å². The van der Waals surface area contributed by atoms with Gasteiger partial charge in [0.05, 0.1) is 5.69 Å². The number of aryl methyl sites for hydroxylation is 2. The van der Waals surface area contributed by atoms with Crippen molar-refractivity contribution in [2.45, 2.75) is 13.8 Å². The predicted molar refractivity (Wildman–Crippen MR) is 68.4 cm³/mol. The fourth-order valence-corrected chi connectivity index (χ4v) is 1.97. The minimum absolute atomic E-state index is 0.272. The Morgan fingerprint density at radius 3 is 2.47 bits per heavy atom. The molecule has 4 nitrogen and oxygen atoms in total. The second-order valence-electron chi connectivity index (χ2n) is 4.28. The average Bonchev–Trinajstić information content (AvgIpc) is 2.30. The summed E-state index contributed by atoms with van der Waals surface area (Å²) in [6.45, 7) is 3.22. The molecule has 0 saturated carbocycles. The summed E-state index contributed by atoms with van der Waals surface area (Å²) >= 11 is 0. The van der Waals surface area contributed by atoms with Crippen LogP contribution in [0.2, 0.25) is 0 Å². The van der Waals surface area contributed by atoms with Crippen molar-refractivity contribution < 1.29 is 14.3 Å². The first kappa shape index (κ1) is 13.0. The summed E-state index contributed by atoms with van der Waals surface area (Å²) in [5, 5.41) is 9.06. The van der Waals surface area contributed by atoms with Crippen LogP contribution < -0.4 is 5.56 Å². The van der Waals surface area contributed by atoms with Crippen LogP contribution in [0.25, 0.3) is 5.69 Å². The number of hydrogen-bond acceptors (Lipinski definition) is 2. The Kier molecular flexibility index (Phi) is 3.21. The Hall–Kier alpha value is -2.43. The molecule has 19 heavy (non-hydrogen) atoms. The number of rotatable bonds is 2. The molecule has 0 spiro atoms. The zero-order valence-electron chi connectivity index (χ0n) is 10.5. The van der Waals surface area contributed by atoms with Gasteiger partial charge in [0, 0.05) is 6.20 Å². The van der Waals surface area contributed by atoms with E-state index in [1.165, 1.54) is 29.0 Å². The molecule has 0 unspecified atom stereocenters. The fourth-order valence-electron chi connectivity index (χ4n) is 1.97. The summed E-state index contributed by atoms with van der Waals surface area (Å²) in [5.41, 5.74) is 0.526. The molecule has 1 N–H and O–H groups in total. The lowest BCUT2D eigenvalue weighted by Gasteiger charge is -2.11. The van der Waals surface area contributed by atoms with Gasteiger partial charge in [0.2, 0.25) is 0 Å². The zero-order chi connectivity index (χ0) is 14.2.